The van der Waals surface area contributed by atoms with Crippen molar-refractivity contribution in [3.63, 3.8) is 0 Å². The van der Waals surface area contributed by atoms with Gasteiger partial charge >= 0.3 is 0 Å². The first-order chi connectivity index (χ1) is 7.19. The molecule has 1 heterocycles. The van der Waals surface area contributed by atoms with Gasteiger partial charge in [0.2, 0.25) is 5.91 Å². The zero-order chi connectivity index (χ0) is 11.3. The van der Waals surface area contributed by atoms with E-state index in [1.54, 1.807) is 0 Å². The average Bonchev–Trinajstić information content (AvgIpc) is 2.28. The molecule has 1 rings (SSSR count). The standard InChI is InChI=1S/C12H24N2O/c1-3-11-6-4-5-7-14(11)12(15)8-10(2)9-13/h10-11H,3-9,13H2,1-2H3. The van der Waals surface area contributed by atoms with E-state index < -0.39 is 0 Å². The largest absolute Gasteiger partial charge is 0.340 e. The number of amides is 1. The van der Waals surface area contributed by atoms with Crippen molar-refractivity contribution < 1.29 is 4.79 Å². The third kappa shape index (κ3) is 3.49. The van der Waals surface area contributed by atoms with Gasteiger partial charge < -0.3 is 10.6 Å². The van der Waals surface area contributed by atoms with E-state index in [4.69, 9.17) is 5.73 Å². The Hall–Kier alpha value is -0.570. The molecule has 15 heavy (non-hydrogen) atoms. The summed E-state index contributed by atoms with van der Waals surface area (Å²) in [5.41, 5.74) is 5.55. The van der Waals surface area contributed by atoms with Gasteiger partial charge in [0.15, 0.2) is 0 Å². The van der Waals surface area contributed by atoms with Crippen molar-refractivity contribution in [3.8, 4) is 0 Å². The summed E-state index contributed by atoms with van der Waals surface area (Å²) in [6, 6.07) is 0.483. The van der Waals surface area contributed by atoms with Crippen LogP contribution in [-0.2, 0) is 4.79 Å². The van der Waals surface area contributed by atoms with Crippen LogP contribution in [0.3, 0.4) is 0 Å². The molecular weight excluding hydrogens is 188 g/mol. The molecule has 88 valence electrons. The summed E-state index contributed by atoms with van der Waals surface area (Å²) in [6.45, 7) is 5.77. The van der Waals surface area contributed by atoms with E-state index >= 15 is 0 Å². The van der Waals surface area contributed by atoms with Gasteiger partial charge in [0.1, 0.15) is 0 Å². The molecule has 1 aliphatic heterocycles. The van der Waals surface area contributed by atoms with Crippen LogP contribution in [0.4, 0.5) is 0 Å². The minimum absolute atomic E-state index is 0.305. The van der Waals surface area contributed by atoms with Gasteiger partial charge in [-0.1, -0.05) is 13.8 Å². The number of likely N-dealkylation sites (tertiary alicyclic amines) is 1. The normalized spacial score (nSPS) is 23.9. The van der Waals surface area contributed by atoms with Gasteiger partial charge in [-0.05, 0) is 38.1 Å². The molecule has 0 spiro atoms. The fourth-order valence-electron chi connectivity index (χ4n) is 2.25. The Morgan fingerprint density at radius 1 is 1.53 bits per heavy atom. The molecule has 2 N–H and O–H groups in total. The maximum Gasteiger partial charge on any atom is 0.223 e. The molecule has 0 aromatic carbocycles. The number of hydrogen-bond acceptors (Lipinski definition) is 2. The quantitative estimate of drug-likeness (QED) is 0.772. The van der Waals surface area contributed by atoms with Crippen molar-refractivity contribution >= 4 is 5.91 Å². The lowest BCUT2D eigenvalue weighted by Crippen LogP contribution is -2.44. The van der Waals surface area contributed by atoms with Crippen LogP contribution < -0.4 is 5.73 Å². The molecule has 3 heteroatoms. The molecule has 0 saturated carbocycles. The van der Waals surface area contributed by atoms with Gasteiger partial charge in [-0.15, -0.1) is 0 Å². The number of rotatable bonds is 4. The third-order valence-corrected chi connectivity index (χ3v) is 3.34. The van der Waals surface area contributed by atoms with Crippen LogP contribution in [-0.4, -0.2) is 29.9 Å². The summed E-state index contributed by atoms with van der Waals surface area (Å²) in [4.78, 5) is 14.1. The molecule has 1 aliphatic rings. The van der Waals surface area contributed by atoms with Gasteiger partial charge in [-0.3, -0.25) is 4.79 Å². The molecular formula is C12H24N2O. The molecule has 1 saturated heterocycles. The predicted molar refractivity (Wildman–Crippen MR) is 62.5 cm³/mol. The minimum atomic E-state index is 0.305. The third-order valence-electron chi connectivity index (χ3n) is 3.34. The van der Waals surface area contributed by atoms with Crippen LogP contribution in [0.25, 0.3) is 0 Å². The molecule has 2 unspecified atom stereocenters. The molecule has 1 amide bonds. The van der Waals surface area contributed by atoms with Crippen molar-refractivity contribution in [1.29, 1.82) is 0 Å². The SMILES string of the molecule is CCC1CCCCN1C(=O)CC(C)CN. The summed E-state index contributed by atoms with van der Waals surface area (Å²) in [6.07, 6.45) is 5.32. The Balaban J connectivity index is 2.48. The van der Waals surface area contributed by atoms with Crippen LogP contribution in [0, 0.1) is 5.92 Å². The first-order valence-electron chi connectivity index (χ1n) is 6.18. The van der Waals surface area contributed by atoms with E-state index in [2.05, 4.69) is 11.8 Å². The molecule has 1 fully saturated rings. The second-order valence-electron chi connectivity index (χ2n) is 4.69. The zero-order valence-corrected chi connectivity index (χ0v) is 10.0. The molecule has 0 bridgehead atoms. The minimum Gasteiger partial charge on any atom is -0.340 e. The lowest BCUT2D eigenvalue weighted by Gasteiger charge is -2.35. The van der Waals surface area contributed by atoms with Gasteiger partial charge in [-0.2, -0.15) is 0 Å². The second kappa shape index (κ2) is 6.11. The fraction of sp³-hybridized carbons (Fsp3) is 0.917. The topological polar surface area (TPSA) is 46.3 Å². The molecule has 0 radical (unpaired) electrons. The Bertz CT molecular complexity index is 206. The van der Waals surface area contributed by atoms with Gasteiger partial charge in [0.05, 0.1) is 0 Å². The number of carbonyl (C=O) groups is 1. The van der Waals surface area contributed by atoms with Crippen LogP contribution >= 0.6 is 0 Å². The van der Waals surface area contributed by atoms with Gasteiger partial charge in [0, 0.05) is 19.0 Å². The Kier molecular flexibility index (Phi) is 5.09. The van der Waals surface area contributed by atoms with Crippen molar-refractivity contribution in [2.24, 2.45) is 11.7 Å². The highest BCUT2D eigenvalue weighted by molar-refractivity contribution is 5.76. The monoisotopic (exact) mass is 212 g/mol. The summed E-state index contributed by atoms with van der Waals surface area (Å²) in [5, 5.41) is 0. The average molecular weight is 212 g/mol. The molecule has 3 nitrogen and oxygen atoms in total. The fourth-order valence-corrected chi connectivity index (χ4v) is 2.25. The Labute approximate surface area is 93.0 Å². The van der Waals surface area contributed by atoms with Gasteiger partial charge in [-0.25, -0.2) is 0 Å². The van der Waals surface area contributed by atoms with E-state index in [0.29, 0.717) is 30.8 Å². The number of nitrogens with two attached hydrogens (primary N) is 1. The van der Waals surface area contributed by atoms with Crippen LogP contribution in [0.15, 0.2) is 0 Å². The van der Waals surface area contributed by atoms with Gasteiger partial charge in [0.25, 0.3) is 0 Å². The van der Waals surface area contributed by atoms with Crippen LogP contribution in [0.1, 0.15) is 46.0 Å². The van der Waals surface area contributed by atoms with Crippen molar-refractivity contribution in [3.05, 3.63) is 0 Å². The smallest absolute Gasteiger partial charge is 0.223 e. The number of carbonyl (C=O) groups excluding carboxylic acids is 1. The first-order valence-corrected chi connectivity index (χ1v) is 6.18. The number of hydrogen-bond donors (Lipinski definition) is 1. The number of nitrogens with zero attached hydrogens (tertiary/aromatic N) is 1. The predicted octanol–water partition coefficient (Wildman–Crippen LogP) is 1.76. The second-order valence-corrected chi connectivity index (χ2v) is 4.69. The van der Waals surface area contributed by atoms with Crippen LogP contribution in [0.5, 0.6) is 0 Å². The van der Waals surface area contributed by atoms with Crippen molar-refractivity contribution in [2.45, 2.75) is 52.0 Å². The van der Waals surface area contributed by atoms with Crippen LogP contribution in [0.2, 0.25) is 0 Å². The maximum absolute atomic E-state index is 12.0. The van der Waals surface area contributed by atoms with E-state index in [1.165, 1.54) is 19.3 Å². The molecule has 0 aliphatic carbocycles. The zero-order valence-electron chi connectivity index (χ0n) is 10.0. The lowest BCUT2D eigenvalue weighted by molar-refractivity contribution is -0.135. The van der Waals surface area contributed by atoms with E-state index in [0.717, 1.165) is 13.0 Å². The summed E-state index contributed by atoms with van der Waals surface area (Å²) >= 11 is 0. The molecule has 0 aromatic heterocycles. The van der Waals surface area contributed by atoms with E-state index in [1.807, 2.05) is 6.92 Å². The summed E-state index contributed by atoms with van der Waals surface area (Å²) in [7, 11) is 0. The highest BCUT2D eigenvalue weighted by Gasteiger charge is 2.25. The molecule has 2 atom stereocenters. The Morgan fingerprint density at radius 2 is 2.27 bits per heavy atom. The van der Waals surface area contributed by atoms with Crippen molar-refractivity contribution in [2.75, 3.05) is 13.1 Å². The number of piperidine rings is 1. The summed E-state index contributed by atoms with van der Waals surface area (Å²) in [5.74, 6) is 0.622. The van der Waals surface area contributed by atoms with Crippen molar-refractivity contribution in [1.82, 2.24) is 4.90 Å². The Morgan fingerprint density at radius 3 is 2.87 bits per heavy atom. The lowest BCUT2D eigenvalue weighted by atomic mass is 9.98. The summed E-state index contributed by atoms with van der Waals surface area (Å²) < 4.78 is 0. The highest BCUT2D eigenvalue weighted by atomic mass is 16.2. The maximum atomic E-state index is 12.0. The highest BCUT2D eigenvalue weighted by Crippen LogP contribution is 2.21. The molecule has 0 aromatic rings. The van der Waals surface area contributed by atoms with E-state index in [-0.39, 0.29) is 0 Å². The first kappa shape index (κ1) is 12.5. The van der Waals surface area contributed by atoms with E-state index in [9.17, 15) is 4.79 Å².